The van der Waals surface area contributed by atoms with Crippen LogP contribution in [0.25, 0.3) is 0 Å². The van der Waals surface area contributed by atoms with Crippen LogP contribution >= 0.6 is 0 Å². The topological polar surface area (TPSA) is 29.5 Å². The zero-order valence-electron chi connectivity index (χ0n) is 13.1. The second kappa shape index (κ2) is 8.83. The van der Waals surface area contributed by atoms with E-state index >= 15 is 0 Å². The number of likely N-dealkylation sites (tertiary alicyclic amines) is 1. The zero-order chi connectivity index (χ0) is 14.9. The Bertz CT molecular complexity index is 419. The number of carbonyl (C=O) groups excluding carboxylic acids is 1. The number of Topliss-reactive ketones (excluding diaryl/α,β-unsaturated/α-hetero) is 1. The van der Waals surface area contributed by atoms with Crippen molar-refractivity contribution in [3.8, 4) is 5.75 Å². The summed E-state index contributed by atoms with van der Waals surface area (Å²) in [7, 11) is 0. The highest BCUT2D eigenvalue weighted by Crippen LogP contribution is 2.15. The lowest BCUT2D eigenvalue weighted by Crippen LogP contribution is -2.27. The molecular weight excluding hydrogens is 262 g/mol. The van der Waals surface area contributed by atoms with Crippen molar-refractivity contribution in [3.63, 3.8) is 0 Å². The molecule has 0 aliphatic carbocycles. The molecule has 2 rings (SSSR count). The average Bonchev–Trinajstić information content (AvgIpc) is 2.80. The van der Waals surface area contributed by atoms with Crippen molar-refractivity contribution in [2.24, 2.45) is 0 Å². The Morgan fingerprint density at radius 1 is 1.10 bits per heavy atom. The van der Waals surface area contributed by atoms with E-state index in [-0.39, 0.29) is 5.78 Å². The third-order valence-corrected chi connectivity index (χ3v) is 4.00. The molecule has 0 saturated carbocycles. The Balaban J connectivity index is 1.79. The normalized spacial score (nSPS) is 16.4. The van der Waals surface area contributed by atoms with E-state index in [0.29, 0.717) is 6.42 Å². The lowest BCUT2D eigenvalue weighted by atomic mass is 10.1. The van der Waals surface area contributed by atoms with Crippen molar-refractivity contribution in [1.29, 1.82) is 0 Å². The standard InChI is InChI=1S/C18H27NO2/c1-2-15-21-17-9-7-16(8-10-17)18(20)11-14-19-12-5-3-4-6-13-19/h7-10H,2-6,11-15H2,1H3. The van der Waals surface area contributed by atoms with Gasteiger partial charge in [-0.3, -0.25) is 4.79 Å². The van der Waals surface area contributed by atoms with Crippen molar-refractivity contribution in [1.82, 2.24) is 4.90 Å². The highest BCUT2D eigenvalue weighted by molar-refractivity contribution is 5.96. The van der Waals surface area contributed by atoms with E-state index < -0.39 is 0 Å². The summed E-state index contributed by atoms with van der Waals surface area (Å²) in [6, 6.07) is 7.56. The van der Waals surface area contributed by atoms with Crippen LogP contribution in [-0.4, -0.2) is 36.9 Å². The van der Waals surface area contributed by atoms with Gasteiger partial charge in [0.25, 0.3) is 0 Å². The number of hydrogen-bond donors (Lipinski definition) is 0. The van der Waals surface area contributed by atoms with Crippen LogP contribution in [0, 0.1) is 0 Å². The van der Waals surface area contributed by atoms with Crippen LogP contribution in [-0.2, 0) is 0 Å². The minimum atomic E-state index is 0.237. The minimum Gasteiger partial charge on any atom is -0.494 e. The molecule has 0 spiro atoms. The molecular formula is C18H27NO2. The highest BCUT2D eigenvalue weighted by atomic mass is 16.5. The van der Waals surface area contributed by atoms with Gasteiger partial charge in [0.05, 0.1) is 6.61 Å². The summed E-state index contributed by atoms with van der Waals surface area (Å²) in [6.07, 6.45) is 6.84. The van der Waals surface area contributed by atoms with Gasteiger partial charge in [0.2, 0.25) is 0 Å². The van der Waals surface area contributed by atoms with E-state index in [1.807, 2.05) is 24.3 Å². The van der Waals surface area contributed by atoms with Crippen LogP contribution in [0.3, 0.4) is 0 Å². The van der Waals surface area contributed by atoms with Crippen LogP contribution in [0.5, 0.6) is 5.75 Å². The van der Waals surface area contributed by atoms with E-state index in [9.17, 15) is 4.79 Å². The van der Waals surface area contributed by atoms with Gasteiger partial charge in [-0.05, 0) is 56.6 Å². The molecule has 0 unspecified atom stereocenters. The SMILES string of the molecule is CCCOc1ccc(C(=O)CCN2CCCCCC2)cc1. The molecule has 1 heterocycles. The summed E-state index contributed by atoms with van der Waals surface area (Å²) in [5.41, 5.74) is 0.800. The van der Waals surface area contributed by atoms with Crippen LogP contribution in [0.1, 0.15) is 55.8 Å². The number of ether oxygens (including phenoxy) is 1. The van der Waals surface area contributed by atoms with Gasteiger partial charge in [-0.15, -0.1) is 0 Å². The number of rotatable bonds is 7. The van der Waals surface area contributed by atoms with E-state index in [4.69, 9.17) is 4.74 Å². The van der Waals surface area contributed by atoms with Crippen molar-refractivity contribution >= 4 is 5.78 Å². The molecule has 1 aromatic rings. The number of hydrogen-bond acceptors (Lipinski definition) is 3. The predicted octanol–water partition coefficient (Wildman–Crippen LogP) is 3.92. The molecule has 1 fully saturated rings. The summed E-state index contributed by atoms with van der Waals surface area (Å²) >= 11 is 0. The first-order valence-electron chi connectivity index (χ1n) is 8.28. The number of benzene rings is 1. The Labute approximate surface area is 128 Å². The zero-order valence-corrected chi connectivity index (χ0v) is 13.1. The molecule has 0 radical (unpaired) electrons. The van der Waals surface area contributed by atoms with Gasteiger partial charge in [0, 0.05) is 18.5 Å². The molecule has 21 heavy (non-hydrogen) atoms. The first-order chi connectivity index (χ1) is 10.3. The Hall–Kier alpha value is -1.35. The molecule has 0 N–H and O–H groups in total. The third-order valence-electron chi connectivity index (χ3n) is 4.00. The van der Waals surface area contributed by atoms with Gasteiger partial charge in [-0.25, -0.2) is 0 Å². The predicted molar refractivity (Wildman–Crippen MR) is 86.1 cm³/mol. The van der Waals surface area contributed by atoms with Crippen LogP contribution in [0.2, 0.25) is 0 Å². The summed E-state index contributed by atoms with van der Waals surface area (Å²) in [5, 5.41) is 0. The fourth-order valence-electron chi connectivity index (χ4n) is 2.72. The molecule has 1 aliphatic heterocycles. The molecule has 3 heteroatoms. The molecule has 0 bridgehead atoms. The maximum atomic E-state index is 12.2. The largest absolute Gasteiger partial charge is 0.494 e. The van der Waals surface area contributed by atoms with E-state index in [1.54, 1.807) is 0 Å². The molecule has 1 aromatic carbocycles. The third kappa shape index (κ3) is 5.50. The minimum absolute atomic E-state index is 0.237. The smallest absolute Gasteiger partial charge is 0.164 e. The van der Waals surface area contributed by atoms with Gasteiger partial charge in [0.1, 0.15) is 5.75 Å². The summed E-state index contributed by atoms with van der Waals surface area (Å²) in [5.74, 6) is 1.09. The maximum absolute atomic E-state index is 12.2. The van der Waals surface area contributed by atoms with E-state index in [1.165, 1.54) is 25.7 Å². The molecule has 1 saturated heterocycles. The summed E-state index contributed by atoms with van der Waals surface area (Å²) < 4.78 is 5.54. The van der Waals surface area contributed by atoms with E-state index in [2.05, 4.69) is 11.8 Å². The van der Waals surface area contributed by atoms with Crippen molar-refractivity contribution < 1.29 is 9.53 Å². The Kier molecular flexibility index (Phi) is 6.74. The molecule has 1 aliphatic rings. The summed E-state index contributed by atoms with van der Waals surface area (Å²) in [4.78, 5) is 14.7. The summed E-state index contributed by atoms with van der Waals surface area (Å²) in [6.45, 7) is 6.00. The fraction of sp³-hybridized carbons (Fsp3) is 0.611. The first-order valence-corrected chi connectivity index (χ1v) is 8.28. The second-order valence-electron chi connectivity index (χ2n) is 5.80. The molecule has 116 valence electrons. The van der Waals surface area contributed by atoms with Crippen molar-refractivity contribution in [2.75, 3.05) is 26.2 Å². The van der Waals surface area contributed by atoms with Crippen LogP contribution in [0.4, 0.5) is 0 Å². The lowest BCUT2D eigenvalue weighted by Gasteiger charge is -2.19. The maximum Gasteiger partial charge on any atom is 0.164 e. The molecule has 0 atom stereocenters. The van der Waals surface area contributed by atoms with Gasteiger partial charge in [-0.2, -0.15) is 0 Å². The van der Waals surface area contributed by atoms with Crippen LogP contribution in [0.15, 0.2) is 24.3 Å². The van der Waals surface area contributed by atoms with Gasteiger partial charge in [-0.1, -0.05) is 19.8 Å². The highest BCUT2D eigenvalue weighted by Gasteiger charge is 2.12. The van der Waals surface area contributed by atoms with Gasteiger partial charge < -0.3 is 9.64 Å². The number of nitrogens with zero attached hydrogens (tertiary/aromatic N) is 1. The van der Waals surface area contributed by atoms with Crippen molar-refractivity contribution in [3.05, 3.63) is 29.8 Å². The molecule has 0 aromatic heterocycles. The van der Waals surface area contributed by atoms with Crippen LogP contribution < -0.4 is 4.74 Å². The molecule has 0 amide bonds. The van der Waals surface area contributed by atoms with E-state index in [0.717, 1.165) is 44.0 Å². The first kappa shape index (κ1) is 16.0. The Morgan fingerprint density at radius 2 is 1.76 bits per heavy atom. The lowest BCUT2D eigenvalue weighted by molar-refractivity contribution is 0.0965. The number of ketones is 1. The average molecular weight is 289 g/mol. The van der Waals surface area contributed by atoms with Crippen molar-refractivity contribution in [2.45, 2.75) is 45.4 Å². The monoisotopic (exact) mass is 289 g/mol. The molecule has 3 nitrogen and oxygen atoms in total. The quantitative estimate of drug-likeness (QED) is 0.712. The number of carbonyl (C=O) groups is 1. The fourth-order valence-corrected chi connectivity index (χ4v) is 2.72. The second-order valence-corrected chi connectivity index (χ2v) is 5.80. The Morgan fingerprint density at radius 3 is 2.38 bits per heavy atom. The van der Waals surface area contributed by atoms with Gasteiger partial charge >= 0.3 is 0 Å². The van der Waals surface area contributed by atoms with Gasteiger partial charge in [0.15, 0.2) is 5.78 Å².